The van der Waals surface area contributed by atoms with Crippen LogP contribution < -0.4 is 10.5 Å². The van der Waals surface area contributed by atoms with E-state index in [2.05, 4.69) is 18.2 Å². The highest BCUT2D eigenvalue weighted by Gasteiger charge is 2.13. The van der Waals surface area contributed by atoms with Crippen molar-refractivity contribution in [3.8, 4) is 11.8 Å². The van der Waals surface area contributed by atoms with Crippen LogP contribution in [0.15, 0.2) is 60.7 Å². The number of ether oxygens (including phenoxy) is 1. The summed E-state index contributed by atoms with van der Waals surface area (Å²) < 4.78 is 7.76. The summed E-state index contributed by atoms with van der Waals surface area (Å²) >= 11 is 0. The monoisotopic (exact) mass is 331 g/mol. The molecule has 0 fully saturated rings. The van der Waals surface area contributed by atoms with Gasteiger partial charge >= 0.3 is 0 Å². The molecule has 126 valence electrons. The number of hydrogen-bond acceptors (Lipinski definition) is 3. The predicted molar refractivity (Wildman–Crippen MR) is 99.5 cm³/mol. The molecule has 2 N–H and O–H groups in total. The fourth-order valence-electron chi connectivity index (χ4n) is 2.83. The number of aromatic nitrogens is 1. The lowest BCUT2D eigenvalue weighted by Crippen LogP contribution is -2.13. The van der Waals surface area contributed by atoms with Crippen LogP contribution in [0.25, 0.3) is 0 Å². The summed E-state index contributed by atoms with van der Waals surface area (Å²) in [6.07, 6.45) is 0.693. The lowest BCUT2D eigenvalue weighted by atomic mass is 10.1. The summed E-state index contributed by atoms with van der Waals surface area (Å²) in [5.41, 5.74) is 10.7. The normalized spacial score (nSPS) is 10.4. The second kappa shape index (κ2) is 7.59. The molecule has 0 amide bonds. The first-order valence-electron chi connectivity index (χ1n) is 8.29. The Hall–Kier alpha value is -3.19. The first kappa shape index (κ1) is 16.7. The van der Waals surface area contributed by atoms with Crippen molar-refractivity contribution in [3.05, 3.63) is 83.2 Å². The molecule has 0 atom stereocenters. The number of anilines is 1. The molecule has 25 heavy (non-hydrogen) atoms. The standard InChI is InChI=1S/C21H21N3O/c1-16-7-9-19(10-8-16)25-12-11-24-18(15-22)14-20(23)21(24)13-17-5-3-2-4-6-17/h2-10,14H,11-13,23H2,1H3. The molecule has 0 aliphatic rings. The highest BCUT2D eigenvalue weighted by Crippen LogP contribution is 2.22. The summed E-state index contributed by atoms with van der Waals surface area (Å²) in [6.45, 7) is 3.10. The van der Waals surface area contributed by atoms with Gasteiger partial charge in [0.2, 0.25) is 0 Å². The number of nitrogens with zero attached hydrogens (tertiary/aromatic N) is 2. The van der Waals surface area contributed by atoms with Crippen LogP contribution in [0, 0.1) is 18.3 Å². The van der Waals surface area contributed by atoms with Gasteiger partial charge in [-0.3, -0.25) is 0 Å². The lowest BCUT2D eigenvalue weighted by molar-refractivity contribution is 0.296. The van der Waals surface area contributed by atoms with Gasteiger partial charge < -0.3 is 15.0 Å². The average molecular weight is 331 g/mol. The number of hydrogen-bond donors (Lipinski definition) is 1. The van der Waals surface area contributed by atoms with E-state index in [1.54, 1.807) is 6.07 Å². The first-order valence-corrected chi connectivity index (χ1v) is 8.29. The second-order valence-electron chi connectivity index (χ2n) is 6.02. The Balaban J connectivity index is 1.75. The molecule has 3 aromatic rings. The minimum absolute atomic E-state index is 0.480. The van der Waals surface area contributed by atoms with E-state index >= 15 is 0 Å². The van der Waals surface area contributed by atoms with E-state index in [1.165, 1.54) is 5.56 Å². The molecule has 0 aliphatic carbocycles. The van der Waals surface area contributed by atoms with Crippen molar-refractivity contribution < 1.29 is 4.74 Å². The van der Waals surface area contributed by atoms with Crippen LogP contribution in [0.3, 0.4) is 0 Å². The largest absolute Gasteiger partial charge is 0.492 e. The molecule has 4 heteroatoms. The third-order valence-electron chi connectivity index (χ3n) is 4.18. The van der Waals surface area contributed by atoms with Crippen molar-refractivity contribution >= 4 is 5.69 Å². The van der Waals surface area contributed by atoms with E-state index in [0.29, 0.717) is 31.0 Å². The zero-order chi connectivity index (χ0) is 17.6. The van der Waals surface area contributed by atoms with Crippen molar-refractivity contribution in [2.24, 2.45) is 0 Å². The van der Waals surface area contributed by atoms with Crippen LogP contribution >= 0.6 is 0 Å². The zero-order valence-electron chi connectivity index (χ0n) is 14.3. The van der Waals surface area contributed by atoms with Gasteiger partial charge in [0.05, 0.1) is 12.2 Å². The maximum Gasteiger partial charge on any atom is 0.122 e. The SMILES string of the molecule is Cc1ccc(OCCn2c(C#N)cc(N)c2Cc2ccccc2)cc1. The summed E-state index contributed by atoms with van der Waals surface area (Å²) in [5, 5.41) is 9.40. The van der Waals surface area contributed by atoms with Gasteiger partial charge in [0.1, 0.15) is 24.1 Å². The highest BCUT2D eigenvalue weighted by atomic mass is 16.5. The van der Waals surface area contributed by atoms with E-state index in [0.717, 1.165) is 17.0 Å². The molecular weight excluding hydrogens is 310 g/mol. The van der Waals surface area contributed by atoms with E-state index in [-0.39, 0.29) is 0 Å². The quantitative estimate of drug-likeness (QED) is 0.744. The van der Waals surface area contributed by atoms with Gasteiger partial charge in [-0.15, -0.1) is 0 Å². The smallest absolute Gasteiger partial charge is 0.122 e. The lowest BCUT2D eigenvalue weighted by Gasteiger charge is -2.13. The Labute approximate surface area is 148 Å². The molecule has 0 aliphatic heterocycles. The summed E-state index contributed by atoms with van der Waals surface area (Å²) in [4.78, 5) is 0. The average Bonchev–Trinajstić information content (AvgIpc) is 2.93. The number of nitrogen functional groups attached to an aromatic ring is 1. The molecule has 1 heterocycles. The molecule has 0 bridgehead atoms. The number of nitriles is 1. The van der Waals surface area contributed by atoms with Gasteiger partial charge in [0.15, 0.2) is 0 Å². The molecule has 1 aromatic heterocycles. The van der Waals surface area contributed by atoms with Crippen LogP contribution in [-0.2, 0) is 13.0 Å². The van der Waals surface area contributed by atoms with E-state index in [1.807, 2.05) is 54.0 Å². The Morgan fingerprint density at radius 2 is 1.80 bits per heavy atom. The molecule has 3 rings (SSSR count). The van der Waals surface area contributed by atoms with E-state index in [9.17, 15) is 5.26 Å². The van der Waals surface area contributed by atoms with Crippen LogP contribution in [0.2, 0.25) is 0 Å². The van der Waals surface area contributed by atoms with Crippen LogP contribution in [0.5, 0.6) is 5.75 Å². The van der Waals surface area contributed by atoms with Crippen molar-refractivity contribution in [1.29, 1.82) is 5.26 Å². The van der Waals surface area contributed by atoms with Crippen molar-refractivity contribution in [1.82, 2.24) is 4.57 Å². The van der Waals surface area contributed by atoms with Gasteiger partial charge in [-0.1, -0.05) is 48.0 Å². The molecule has 2 aromatic carbocycles. The minimum Gasteiger partial charge on any atom is -0.492 e. The van der Waals surface area contributed by atoms with E-state index < -0.39 is 0 Å². The fourth-order valence-corrected chi connectivity index (χ4v) is 2.83. The number of benzene rings is 2. The Kier molecular flexibility index (Phi) is 5.06. The van der Waals surface area contributed by atoms with Crippen molar-refractivity contribution in [3.63, 3.8) is 0 Å². The molecule has 0 saturated carbocycles. The van der Waals surface area contributed by atoms with Crippen molar-refractivity contribution in [2.45, 2.75) is 19.9 Å². The molecular formula is C21H21N3O. The zero-order valence-corrected chi connectivity index (χ0v) is 14.3. The van der Waals surface area contributed by atoms with Crippen LogP contribution in [0.4, 0.5) is 5.69 Å². The maximum atomic E-state index is 9.40. The highest BCUT2D eigenvalue weighted by molar-refractivity contribution is 5.52. The van der Waals surface area contributed by atoms with Gasteiger partial charge in [-0.2, -0.15) is 5.26 Å². The van der Waals surface area contributed by atoms with Gasteiger partial charge in [0.25, 0.3) is 0 Å². The van der Waals surface area contributed by atoms with Gasteiger partial charge in [-0.25, -0.2) is 0 Å². The first-order chi connectivity index (χ1) is 12.2. The molecule has 0 radical (unpaired) electrons. The van der Waals surface area contributed by atoms with Gasteiger partial charge in [-0.05, 0) is 30.7 Å². The van der Waals surface area contributed by atoms with Crippen LogP contribution in [-0.4, -0.2) is 11.2 Å². The minimum atomic E-state index is 0.480. The number of nitrogens with two attached hydrogens (primary N) is 1. The van der Waals surface area contributed by atoms with E-state index in [4.69, 9.17) is 10.5 Å². The number of rotatable bonds is 6. The second-order valence-corrected chi connectivity index (χ2v) is 6.02. The van der Waals surface area contributed by atoms with Crippen LogP contribution in [0.1, 0.15) is 22.5 Å². The Bertz CT molecular complexity index is 874. The topological polar surface area (TPSA) is 64.0 Å². The maximum absolute atomic E-state index is 9.40. The molecule has 0 spiro atoms. The molecule has 0 saturated heterocycles. The third-order valence-corrected chi connectivity index (χ3v) is 4.18. The summed E-state index contributed by atoms with van der Waals surface area (Å²) in [7, 11) is 0. The summed E-state index contributed by atoms with van der Waals surface area (Å²) in [6, 6.07) is 22.0. The predicted octanol–water partition coefficient (Wildman–Crippen LogP) is 3.92. The third kappa shape index (κ3) is 4.02. The Morgan fingerprint density at radius 3 is 2.48 bits per heavy atom. The van der Waals surface area contributed by atoms with Gasteiger partial charge in [0, 0.05) is 12.1 Å². The number of aryl methyl sites for hydroxylation is 1. The Morgan fingerprint density at radius 1 is 1.08 bits per heavy atom. The van der Waals surface area contributed by atoms with Crippen molar-refractivity contribution in [2.75, 3.05) is 12.3 Å². The summed E-state index contributed by atoms with van der Waals surface area (Å²) in [5.74, 6) is 0.828. The fraction of sp³-hybridized carbons (Fsp3) is 0.190. The molecule has 4 nitrogen and oxygen atoms in total. The molecule has 0 unspecified atom stereocenters.